The minimum atomic E-state index is -0.432. The van der Waals surface area contributed by atoms with E-state index in [9.17, 15) is 9.59 Å². The van der Waals surface area contributed by atoms with Gasteiger partial charge >= 0.3 is 0 Å². The maximum Gasteiger partial charge on any atom is 0.276 e. The molecule has 2 aromatic carbocycles. The Morgan fingerprint density at radius 2 is 1.62 bits per heavy atom. The van der Waals surface area contributed by atoms with E-state index in [0.717, 1.165) is 16.7 Å². The Kier molecular flexibility index (Phi) is 7.02. The number of carbonyl (C=O) groups is 2. The largest absolute Gasteiger partial charge is 0.493 e. The van der Waals surface area contributed by atoms with Crippen LogP contribution in [0.4, 0.5) is 0 Å². The Balaban J connectivity index is 1.65. The molecule has 0 unspecified atom stereocenters. The molecule has 0 aliphatic rings. The van der Waals surface area contributed by atoms with E-state index in [0.29, 0.717) is 11.5 Å². The topological polar surface area (TPSA) is 76.7 Å². The predicted octanol–water partition coefficient (Wildman–Crippen LogP) is 2.61. The zero-order valence-corrected chi connectivity index (χ0v) is 15.3. The fourth-order valence-corrected chi connectivity index (χ4v) is 2.21. The molecule has 0 aliphatic heterocycles. The second-order valence-electron chi connectivity index (χ2n) is 6.07. The van der Waals surface area contributed by atoms with Gasteiger partial charge in [0.15, 0.2) is 6.61 Å². The number of ether oxygens (including phenoxy) is 2. The van der Waals surface area contributed by atoms with E-state index in [-0.39, 0.29) is 25.5 Å². The number of hydrogen-bond acceptors (Lipinski definition) is 4. The van der Waals surface area contributed by atoms with Crippen LogP contribution in [0.15, 0.2) is 42.5 Å². The lowest BCUT2D eigenvalue weighted by Gasteiger charge is -2.11. The first-order chi connectivity index (χ1) is 12.4. The molecule has 2 aromatic rings. The molecule has 0 fully saturated rings. The summed E-state index contributed by atoms with van der Waals surface area (Å²) in [6, 6.07) is 13.3. The molecule has 0 bridgehead atoms. The molecular weight excluding hydrogens is 332 g/mol. The number of nitrogens with one attached hydrogen (secondary N) is 2. The van der Waals surface area contributed by atoms with Gasteiger partial charge in [0.05, 0.1) is 13.0 Å². The van der Waals surface area contributed by atoms with Crippen molar-refractivity contribution in [2.24, 2.45) is 0 Å². The van der Waals surface area contributed by atoms with Gasteiger partial charge < -0.3 is 9.47 Å². The zero-order valence-electron chi connectivity index (χ0n) is 15.3. The normalized spacial score (nSPS) is 10.1. The predicted molar refractivity (Wildman–Crippen MR) is 99.0 cm³/mol. The molecule has 0 saturated heterocycles. The molecule has 0 atom stereocenters. The van der Waals surface area contributed by atoms with E-state index < -0.39 is 5.91 Å². The molecule has 0 aromatic heterocycles. The highest BCUT2D eigenvalue weighted by atomic mass is 16.5. The van der Waals surface area contributed by atoms with Crippen molar-refractivity contribution in [3.63, 3.8) is 0 Å². The van der Waals surface area contributed by atoms with Crippen molar-refractivity contribution in [2.45, 2.75) is 27.2 Å². The van der Waals surface area contributed by atoms with Crippen LogP contribution in [-0.4, -0.2) is 25.0 Å². The molecule has 2 amide bonds. The molecule has 0 saturated carbocycles. The van der Waals surface area contributed by atoms with Gasteiger partial charge in [-0.1, -0.05) is 24.3 Å². The Morgan fingerprint density at radius 1 is 0.885 bits per heavy atom. The van der Waals surface area contributed by atoms with Gasteiger partial charge in [-0.05, 0) is 55.7 Å². The second kappa shape index (κ2) is 9.46. The quantitative estimate of drug-likeness (QED) is 0.748. The third kappa shape index (κ3) is 6.47. The highest BCUT2D eigenvalue weighted by molar-refractivity contribution is 5.82. The number of hydrazine groups is 1. The molecule has 0 spiro atoms. The van der Waals surface area contributed by atoms with Crippen molar-refractivity contribution < 1.29 is 19.1 Å². The molecule has 138 valence electrons. The van der Waals surface area contributed by atoms with E-state index >= 15 is 0 Å². The summed E-state index contributed by atoms with van der Waals surface area (Å²) in [4.78, 5) is 23.5. The van der Waals surface area contributed by atoms with E-state index in [1.54, 1.807) is 0 Å². The van der Waals surface area contributed by atoms with Gasteiger partial charge in [0, 0.05) is 0 Å². The van der Waals surface area contributed by atoms with E-state index in [4.69, 9.17) is 9.47 Å². The highest BCUT2D eigenvalue weighted by Crippen LogP contribution is 2.18. The smallest absolute Gasteiger partial charge is 0.276 e. The van der Waals surface area contributed by atoms with Gasteiger partial charge in [0.25, 0.3) is 5.91 Å². The molecule has 2 N–H and O–H groups in total. The van der Waals surface area contributed by atoms with Crippen molar-refractivity contribution in [2.75, 3.05) is 13.2 Å². The first-order valence-corrected chi connectivity index (χ1v) is 8.41. The van der Waals surface area contributed by atoms with E-state index in [2.05, 4.69) is 10.9 Å². The fraction of sp³-hybridized carbons (Fsp3) is 0.300. The molecular formula is C20H24N2O4. The number of rotatable bonds is 7. The summed E-state index contributed by atoms with van der Waals surface area (Å²) in [6.45, 7) is 5.87. The minimum absolute atomic E-state index is 0.131. The van der Waals surface area contributed by atoms with Crippen LogP contribution in [0, 0.1) is 20.8 Å². The Hall–Kier alpha value is -3.02. The van der Waals surface area contributed by atoms with Crippen LogP contribution in [0.25, 0.3) is 0 Å². The molecule has 6 heteroatoms. The maximum atomic E-state index is 11.8. The summed E-state index contributed by atoms with van der Waals surface area (Å²) in [5, 5.41) is 0. The number of amides is 2. The first kappa shape index (κ1) is 19.3. The van der Waals surface area contributed by atoms with Gasteiger partial charge in [-0.25, -0.2) is 0 Å². The molecule has 0 aliphatic carbocycles. The van der Waals surface area contributed by atoms with Crippen molar-refractivity contribution in [1.29, 1.82) is 0 Å². The van der Waals surface area contributed by atoms with Crippen LogP contribution in [0.3, 0.4) is 0 Å². The van der Waals surface area contributed by atoms with Crippen molar-refractivity contribution in [1.82, 2.24) is 10.9 Å². The van der Waals surface area contributed by atoms with E-state index in [1.165, 1.54) is 0 Å². The average molecular weight is 356 g/mol. The van der Waals surface area contributed by atoms with Gasteiger partial charge in [-0.2, -0.15) is 0 Å². The Bertz CT molecular complexity index is 774. The Morgan fingerprint density at radius 3 is 2.38 bits per heavy atom. The summed E-state index contributed by atoms with van der Waals surface area (Å²) in [5.41, 5.74) is 7.75. The van der Waals surface area contributed by atoms with Gasteiger partial charge in [-0.3, -0.25) is 20.4 Å². The van der Waals surface area contributed by atoms with Crippen molar-refractivity contribution in [3.05, 3.63) is 59.2 Å². The molecule has 2 rings (SSSR count). The average Bonchev–Trinajstić information content (AvgIpc) is 2.61. The van der Waals surface area contributed by atoms with Crippen LogP contribution in [-0.2, 0) is 9.59 Å². The summed E-state index contributed by atoms with van der Waals surface area (Å²) in [6.07, 6.45) is 0.131. The standard InChI is InChI=1S/C20H24N2O4/c1-14-5-4-6-17(11-14)25-10-9-19(23)21-22-20(24)13-26-18-12-15(2)7-8-16(18)3/h4-8,11-12H,9-10,13H2,1-3H3,(H,21,23)(H,22,24). The van der Waals surface area contributed by atoms with Crippen molar-refractivity contribution >= 4 is 11.8 Å². The lowest BCUT2D eigenvalue weighted by molar-refractivity contribution is -0.130. The Labute approximate surface area is 153 Å². The number of hydrogen-bond donors (Lipinski definition) is 2. The fourth-order valence-electron chi connectivity index (χ4n) is 2.21. The SMILES string of the molecule is Cc1cccc(OCCC(=O)NNC(=O)COc2cc(C)ccc2C)c1. The third-order valence-electron chi connectivity index (χ3n) is 3.63. The lowest BCUT2D eigenvalue weighted by Crippen LogP contribution is -2.44. The van der Waals surface area contributed by atoms with Gasteiger partial charge in [0.2, 0.25) is 5.91 Å². The number of carbonyl (C=O) groups excluding carboxylic acids is 2. The summed E-state index contributed by atoms with van der Waals surface area (Å²) in [7, 11) is 0. The zero-order chi connectivity index (χ0) is 18.9. The first-order valence-electron chi connectivity index (χ1n) is 8.41. The lowest BCUT2D eigenvalue weighted by atomic mass is 10.1. The number of benzene rings is 2. The van der Waals surface area contributed by atoms with Gasteiger partial charge in [0.1, 0.15) is 11.5 Å². The van der Waals surface area contributed by atoms with Gasteiger partial charge in [-0.15, -0.1) is 0 Å². The van der Waals surface area contributed by atoms with Crippen LogP contribution in [0.1, 0.15) is 23.1 Å². The van der Waals surface area contributed by atoms with Crippen molar-refractivity contribution in [3.8, 4) is 11.5 Å². The highest BCUT2D eigenvalue weighted by Gasteiger charge is 2.07. The summed E-state index contributed by atoms with van der Waals surface area (Å²) in [5.74, 6) is 0.596. The molecule has 0 heterocycles. The van der Waals surface area contributed by atoms with Crippen LogP contribution in [0.2, 0.25) is 0 Å². The van der Waals surface area contributed by atoms with Crippen LogP contribution >= 0.6 is 0 Å². The second-order valence-corrected chi connectivity index (χ2v) is 6.07. The number of aryl methyl sites for hydroxylation is 3. The summed E-state index contributed by atoms with van der Waals surface area (Å²) >= 11 is 0. The maximum absolute atomic E-state index is 11.8. The molecule has 6 nitrogen and oxygen atoms in total. The minimum Gasteiger partial charge on any atom is -0.493 e. The molecule has 0 radical (unpaired) electrons. The third-order valence-corrected chi connectivity index (χ3v) is 3.63. The van der Waals surface area contributed by atoms with Crippen LogP contribution in [0.5, 0.6) is 11.5 Å². The monoisotopic (exact) mass is 356 g/mol. The van der Waals surface area contributed by atoms with E-state index in [1.807, 2.05) is 63.2 Å². The van der Waals surface area contributed by atoms with Crippen LogP contribution < -0.4 is 20.3 Å². The molecule has 26 heavy (non-hydrogen) atoms. The summed E-state index contributed by atoms with van der Waals surface area (Å²) < 4.78 is 11.0.